The molecule has 3 N–H and O–H groups in total. The Kier molecular flexibility index (Phi) is 2.45. The second-order valence-electron chi connectivity index (χ2n) is 3.17. The monoisotopic (exact) mass is 201 g/mol. The number of nitrogens with one attached hydrogen (secondary N) is 1. The fraction of sp³-hybridized carbons (Fsp3) is 0.100. The quantitative estimate of drug-likeness (QED) is 0.564. The molecule has 0 saturated heterocycles. The summed E-state index contributed by atoms with van der Waals surface area (Å²) in [7, 11) is 0. The summed E-state index contributed by atoms with van der Waals surface area (Å²) in [5.41, 5.74) is 6.40. The molecule has 0 bridgehead atoms. The largest absolute Gasteiger partial charge is 0.381 e. The molecule has 0 radical (unpaired) electrons. The van der Waals surface area contributed by atoms with Gasteiger partial charge in [0, 0.05) is 0 Å². The van der Waals surface area contributed by atoms with Crippen LogP contribution >= 0.6 is 0 Å². The molecule has 76 valence electrons. The van der Waals surface area contributed by atoms with Gasteiger partial charge in [-0.1, -0.05) is 30.3 Å². The normalized spacial score (nSPS) is 10.1. The van der Waals surface area contributed by atoms with E-state index in [0.717, 1.165) is 5.56 Å². The van der Waals surface area contributed by atoms with Gasteiger partial charge in [0.15, 0.2) is 5.84 Å². The summed E-state index contributed by atoms with van der Waals surface area (Å²) >= 11 is 0. The van der Waals surface area contributed by atoms with Crippen LogP contribution in [0.15, 0.2) is 36.7 Å². The van der Waals surface area contributed by atoms with Crippen molar-refractivity contribution >= 4 is 5.84 Å². The minimum absolute atomic E-state index is 0.109. The number of rotatable bonds is 3. The maximum absolute atomic E-state index is 7.17. The summed E-state index contributed by atoms with van der Waals surface area (Å²) in [4.78, 5) is 3.91. The van der Waals surface area contributed by atoms with Crippen molar-refractivity contribution < 1.29 is 0 Å². The van der Waals surface area contributed by atoms with Crippen LogP contribution in [0.25, 0.3) is 0 Å². The Morgan fingerprint density at radius 2 is 2.07 bits per heavy atom. The molecule has 0 spiro atoms. The first-order valence-electron chi connectivity index (χ1n) is 4.53. The molecular formula is C10H11N5. The van der Waals surface area contributed by atoms with Gasteiger partial charge in [-0.15, -0.1) is 5.10 Å². The van der Waals surface area contributed by atoms with E-state index in [0.29, 0.717) is 6.54 Å². The van der Waals surface area contributed by atoms with E-state index < -0.39 is 0 Å². The van der Waals surface area contributed by atoms with Crippen molar-refractivity contribution in [2.45, 2.75) is 6.54 Å². The molecule has 0 unspecified atom stereocenters. The molecule has 0 aliphatic rings. The predicted octanol–water partition coefficient (Wildman–Crippen LogP) is 0.610. The summed E-state index contributed by atoms with van der Waals surface area (Å²) in [6.07, 6.45) is 1.57. The zero-order valence-corrected chi connectivity index (χ0v) is 8.09. The molecule has 1 heterocycles. The number of hydrogen-bond acceptors (Lipinski definition) is 3. The highest BCUT2D eigenvalue weighted by molar-refractivity contribution is 5.90. The van der Waals surface area contributed by atoms with Gasteiger partial charge in [-0.3, -0.25) is 5.41 Å². The first kappa shape index (κ1) is 9.39. The van der Waals surface area contributed by atoms with E-state index in [9.17, 15) is 0 Å². The molecule has 0 aliphatic carbocycles. The first-order valence-corrected chi connectivity index (χ1v) is 4.53. The molecule has 2 aromatic rings. The lowest BCUT2D eigenvalue weighted by Gasteiger charge is -1.99. The average Bonchev–Trinajstić information content (AvgIpc) is 2.68. The Balaban J connectivity index is 2.15. The van der Waals surface area contributed by atoms with Crippen molar-refractivity contribution in [2.75, 3.05) is 0 Å². The van der Waals surface area contributed by atoms with Gasteiger partial charge in [-0.25, -0.2) is 9.67 Å². The van der Waals surface area contributed by atoms with E-state index in [-0.39, 0.29) is 11.7 Å². The Hall–Kier alpha value is -2.17. The van der Waals surface area contributed by atoms with Crippen LogP contribution in [0.3, 0.4) is 0 Å². The molecule has 0 fully saturated rings. The van der Waals surface area contributed by atoms with Gasteiger partial charge in [0.1, 0.15) is 6.33 Å². The lowest BCUT2D eigenvalue weighted by molar-refractivity contribution is 0.683. The fourth-order valence-corrected chi connectivity index (χ4v) is 1.26. The van der Waals surface area contributed by atoms with Crippen LogP contribution in [0.2, 0.25) is 0 Å². The van der Waals surface area contributed by atoms with Crippen LogP contribution < -0.4 is 5.73 Å². The van der Waals surface area contributed by atoms with Gasteiger partial charge < -0.3 is 5.73 Å². The molecule has 0 atom stereocenters. The van der Waals surface area contributed by atoms with Crippen molar-refractivity contribution in [3.63, 3.8) is 0 Å². The maximum atomic E-state index is 7.17. The SMILES string of the molecule is N=C(N)c1ncn(Cc2ccccc2)n1. The second kappa shape index (κ2) is 3.91. The summed E-state index contributed by atoms with van der Waals surface area (Å²) in [6.45, 7) is 0.640. The van der Waals surface area contributed by atoms with E-state index >= 15 is 0 Å². The summed E-state index contributed by atoms with van der Waals surface area (Å²) < 4.78 is 1.66. The van der Waals surface area contributed by atoms with Crippen LogP contribution in [0.5, 0.6) is 0 Å². The van der Waals surface area contributed by atoms with Crippen molar-refractivity contribution in [2.24, 2.45) is 5.73 Å². The number of nitrogen functional groups attached to an aromatic ring is 1. The van der Waals surface area contributed by atoms with Crippen LogP contribution in [0, 0.1) is 5.41 Å². The number of aromatic nitrogens is 3. The van der Waals surface area contributed by atoms with Crippen molar-refractivity contribution in [1.29, 1.82) is 5.41 Å². The summed E-state index contributed by atoms with van der Waals surface area (Å²) in [5, 5.41) is 11.2. The number of benzene rings is 1. The molecule has 0 amide bonds. The molecule has 1 aromatic heterocycles. The minimum Gasteiger partial charge on any atom is -0.381 e. The molecule has 5 nitrogen and oxygen atoms in total. The fourth-order valence-electron chi connectivity index (χ4n) is 1.26. The van der Waals surface area contributed by atoms with Crippen molar-refractivity contribution in [3.8, 4) is 0 Å². The Labute approximate surface area is 87.1 Å². The third kappa shape index (κ3) is 2.19. The van der Waals surface area contributed by atoms with Crippen LogP contribution in [0.4, 0.5) is 0 Å². The van der Waals surface area contributed by atoms with Gasteiger partial charge in [-0.05, 0) is 5.56 Å². The predicted molar refractivity (Wildman–Crippen MR) is 56.6 cm³/mol. The topological polar surface area (TPSA) is 80.6 Å². The Morgan fingerprint density at radius 1 is 1.33 bits per heavy atom. The maximum Gasteiger partial charge on any atom is 0.215 e. The molecule has 1 aromatic carbocycles. The van der Waals surface area contributed by atoms with E-state index in [1.165, 1.54) is 0 Å². The number of amidine groups is 1. The lowest BCUT2D eigenvalue weighted by Crippen LogP contribution is -2.14. The van der Waals surface area contributed by atoms with Gasteiger partial charge in [0.25, 0.3) is 0 Å². The molecule has 15 heavy (non-hydrogen) atoms. The lowest BCUT2D eigenvalue weighted by atomic mass is 10.2. The smallest absolute Gasteiger partial charge is 0.215 e. The van der Waals surface area contributed by atoms with E-state index in [1.54, 1.807) is 11.0 Å². The van der Waals surface area contributed by atoms with Gasteiger partial charge in [0.2, 0.25) is 5.82 Å². The zero-order valence-electron chi connectivity index (χ0n) is 8.09. The minimum atomic E-state index is -0.109. The van der Waals surface area contributed by atoms with Crippen LogP contribution in [0.1, 0.15) is 11.4 Å². The summed E-state index contributed by atoms with van der Waals surface area (Å²) in [5.74, 6) is 0.160. The molecule has 0 aliphatic heterocycles. The second-order valence-corrected chi connectivity index (χ2v) is 3.17. The zero-order chi connectivity index (χ0) is 10.7. The van der Waals surface area contributed by atoms with E-state index in [1.807, 2.05) is 30.3 Å². The third-order valence-electron chi connectivity index (χ3n) is 1.96. The average molecular weight is 201 g/mol. The highest BCUT2D eigenvalue weighted by Gasteiger charge is 2.03. The number of nitrogens with two attached hydrogens (primary N) is 1. The molecule has 0 saturated carbocycles. The standard InChI is InChI=1S/C10H11N5/c11-9(12)10-13-7-15(14-10)6-8-4-2-1-3-5-8/h1-5,7H,6H2,(H3,11,12). The first-order chi connectivity index (χ1) is 7.25. The Morgan fingerprint density at radius 3 is 2.67 bits per heavy atom. The van der Waals surface area contributed by atoms with Crippen molar-refractivity contribution in [3.05, 3.63) is 48.0 Å². The van der Waals surface area contributed by atoms with Crippen LogP contribution in [-0.2, 0) is 6.54 Å². The third-order valence-corrected chi connectivity index (χ3v) is 1.96. The molecule has 5 heteroatoms. The highest BCUT2D eigenvalue weighted by Crippen LogP contribution is 2.00. The van der Waals surface area contributed by atoms with Gasteiger partial charge >= 0.3 is 0 Å². The number of hydrogen-bond donors (Lipinski definition) is 2. The number of nitrogens with zero attached hydrogens (tertiary/aromatic N) is 3. The Bertz CT molecular complexity index is 460. The van der Waals surface area contributed by atoms with Gasteiger partial charge in [0.05, 0.1) is 6.54 Å². The van der Waals surface area contributed by atoms with E-state index in [2.05, 4.69) is 10.1 Å². The molecular weight excluding hydrogens is 190 g/mol. The van der Waals surface area contributed by atoms with Gasteiger partial charge in [-0.2, -0.15) is 0 Å². The molecule has 2 rings (SSSR count). The van der Waals surface area contributed by atoms with E-state index in [4.69, 9.17) is 11.1 Å². The van der Waals surface area contributed by atoms with Crippen molar-refractivity contribution in [1.82, 2.24) is 14.8 Å². The van der Waals surface area contributed by atoms with Crippen LogP contribution in [-0.4, -0.2) is 20.6 Å². The highest BCUT2D eigenvalue weighted by atomic mass is 15.3. The summed E-state index contributed by atoms with van der Waals surface area (Å²) in [6, 6.07) is 9.92.